The van der Waals surface area contributed by atoms with E-state index >= 15 is 0 Å². The third kappa shape index (κ3) is 4.80. The molecule has 0 amide bonds. The van der Waals surface area contributed by atoms with Crippen molar-refractivity contribution in [2.24, 2.45) is 17.1 Å². The summed E-state index contributed by atoms with van der Waals surface area (Å²) in [6, 6.07) is 0. The van der Waals surface area contributed by atoms with Gasteiger partial charge in [0, 0.05) is 12.3 Å². The normalized spacial score (nSPS) is 18.9. The summed E-state index contributed by atoms with van der Waals surface area (Å²) in [4.78, 5) is 4.75. The molecule has 0 radical (unpaired) electrons. The number of nitrogens with two attached hydrogens (primary N) is 1. The first kappa shape index (κ1) is 16.5. The van der Waals surface area contributed by atoms with Gasteiger partial charge in [0.05, 0.1) is 0 Å². The van der Waals surface area contributed by atoms with Gasteiger partial charge in [-0.15, -0.1) is 0 Å². The van der Waals surface area contributed by atoms with Crippen LogP contribution in [-0.2, 0) is 6.42 Å². The third-order valence-electron chi connectivity index (χ3n) is 4.99. The second kappa shape index (κ2) is 7.39. The Bertz CT molecular complexity index is 413. The highest BCUT2D eigenvalue weighted by atomic mass is 15.2. The molecular weight excluding hydrogens is 260 g/mol. The summed E-state index contributed by atoms with van der Waals surface area (Å²) in [6.07, 6.45) is 9.77. The number of nitrogens with zero attached hydrogens (tertiary/aromatic N) is 2. The van der Waals surface area contributed by atoms with Crippen molar-refractivity contribution in [3.05, 3.63) is 11.6 Å². The molecule has 1 saturated carbocycles. The molecule has 1 heterocycles. The maximum absolute atomic E-state index is 5.76. The standard InChI is InChI=1S/C17H32N4/c1-17(2,3)14(11-12-18)9-10-15-19-16(21-20-15)13-7-5-4-6-8-13/h13-14H,4-12,18H2,1-3H3,(H,19,20,21). The van der Waals surface area contributed by atoms with Crippen molar-refractivity contribution in [2.45, 2.75) is 78.1 Å². The zero-order chi connectivity index (χ0) is 15.3. The Hall–Kier alpha value is -0.900. The van der Waals surface area contributed by atoms with Gasteiger partial charge in [-0.3, -0.25) is 5.10 Å². The first-order valence-corrected chi connectivity index (χ1v) is 8.62. The summed E-state index contributed by atoms with van der Waals surface area (Å²) in [5, 5.41) is 7.62. The molecule has 1 aliphatic carbocycles. The van der Waals surface area contributed by atoms with E-state index in [1.807, 2.05) is 0 Å². The summed E-state index contributed by atoms with van der Waals surface area (Å²) in [7, 11) is 0. The molecule has 4 nitrogen and oxygen atoms in total. The lowest BCUT2D eigenvalue weighted by atomic mass is 9.76. The Labute approximate surface area is 129 Å². The molecular formula is C17H32N4. The zero-order valence-corrected chi connectivity index (χ0v) is 14.0. The van der Waals surface area contributed by atoms with Gasteiger partial charge < -0.3 is 5.73 Å². The highest BCUT2D eigenvalue weighted by Crippen LogP contribution is 2.33. The number of aryl methyl sites for hydroxylation is 1. The molecule has 1 aliphatic rings. The van der Waals surface area contributed by atoms with Crippen LogP contribution in [0.4, 0.5) is 0 Å². The van der Waals surface area contributed by atoms with Gasteiger partial charge in [-0.1, -0.05) is 40.0 Å². The molecule has 3 N–H and O–H groups in total. The summed E-state index contributed by atoms with van der Waals surface area (Å²) >= 11 is 0. The van der Waals surface area contributed by atoms with Crippen LogP contribution in [0.25, 0.3) is 0 Å². The highest BCUT2D eigenvalue weighted by Gasteiger charge is 2.24. The van der Waals surface area contributed by atoms with Crippen molar-refractivity contribution in [3.8, 4) is 0 Å². The molecule has 120 valence electrons. The summed E-state index contributed by atoms with van der Waals surface area (Å²) < 4.78 is 0. The van der Waals surface area contributed by atoms with E-state index in [0.717, 1.165) is 37.5 Å². The minimum Gasteiger partial charge on any atom is -0.330 e. The second-order valence-corrected chi connectivity index (χ2v) is 7.65. The Balaban J connectivity index is 1.89. The lowest BCUT2D eigenvalue weighted by molar-refractivity contribution is 0.214. The van der Waals surface area contributed by atoms with Gasteiger partial charge in [0.2, 0.25) is 0 Å². The van der Waals surface area contributed by atoms with E-state index in [1.54, 1.807) is 0 Å². The van der Waals surface area contributed by atoms with Crippen molar-refractivity contribution >= 4 is 0 Å². The van der Waals surface area contributed by atoms with Crippen molar-refractivity contribution in [2.75, 3.05) is 6.54 Å². The molecule has 1 atom stereocenters. The minimum atomic E-state index is 0.311. The van der Waals surface area contributed by atoms with Crippen LogP contribution in [0.2, 0.25) is 0 Å². The maximum atomic E-state index is 5.76. The molecule has 1 unspecified atom stereocenters. The molecule has 4 heteroatoms. The van der Waals surface area contributed by atoms with Gasteiger partial charge in [-0.05, 0) is 43.6 Å². The molecule has 1 fully saturated rings. The Morgan fingerprint density at radius 1 is 1.19 bits per heavy atom. The molecule has 1 aromatic heterocycles. The largest absolute Gasteiger partial charge is 0.330 e. The molecule has 1 aromatic rings. The average molecular weight is 292 g/mol. The lowest BCUT2D eigenvalue weighted by Gasteiger charge is -2.30. The quantitative estimate of drug-likeness (QED) is 0.838. The molecule has 2 rings (SSSR count). The lowest BCUT2D eigenvalue weighted by Crippen LogP contribution is -2.24. The van der Waals surface area contributed by atoms with Gasteiger partial charge in [-0.2, -0.15) is 5.10 Å². The number of aromatic amines is 1. The van der Waals surface area contributed by atoms with E-state index < -0.39 is 0 Å². The summed E-state index contributed by atoms with van der Waals surface area (Å²) in [6.45, 7) is 7.69. The number of rotatable bonds is 6. The van der Waals surface area contributed by atoms with Gasteiger partial charge in [0.15, 0.2) is 5.82 Å². The smallest absolute Gasteiger partial charge is 0.153 e. The first-order chi connectivity index (χ1) is 10.0. The van der Waals surface area contributed by atoms with Crippen LogP contribution >= 0.6 is 0 Å². The monoisotopic (exact) mass is 292 g/mol. The Kier molecular flexibility index (Phi) is 5.80. The van der Waals surface area contributed by atoms with Crippen molar-refractivity contribution in [1.29, 1.82) is 0 Å². The number of aromatic nitrogens is 3. The van der Waals surface area contributed by atoms with Gasteiger partial charge in [0.1, 0.15) is 5.82 Å². The van der Waals surface area contributed by atoms with Crippen molar-refractivity contribution in [1.82, 2.24) is 15.2 Å². The third-order valence-corrected chi connectivity index (χ3v) is 4.99. The van der Waals surface area contributed by atoms with E-state index in [1.165, 1.54) is 32.1 Å². The van der Waals surface area contributed by atoms with Crippen LogP contribution in [0.15, 0.2) is 0 Å². The van der Waals surface area contributed by atoms with E-state index in [0.29, 0.717) is 17.3 Å². The van der Waals surface area contributed by atoms with Gasteiger partial charge in [-0.25, -0.2) is 4.98 Å². The fraction of sp³-hybridized carbons (Fsp3) is 0.882. The Morgan fingerprint density at radius 3 is 2.52 bits per heavy atom. The van der Waals surface area contributed by atoms with E-state index in [4.69, 9.17) is 10.7 Å². The van der Waals surface area contributed by atoms with E-state index in [-0.39, 0.29) is 0 Å². The van der Waals surface area contributed by atoms with Crippen molar-refractivity contribution < 1.29 is 0 Å². The van der Waals surface area contributed by atoms with E-state index in [9.17, 15) is 0 Å². The second-order valence-electron chi connectivity index (χ2n) is 7.65. The molecule has 0 aromatic carbocycles. The van der Waals surface area contributed by atoms with Crippen LogP contribution in [0, 0.1) is 11.3 Å². The molecule has 21 heavy (non-hydrogen) atoms. The zero-order valence-electron chi connectivity index (χ0n) is 14.0. The van der Waals surface area contributed by atoms with Gasteiger partial charge >= 0.3 is 0 Å². The van der Waals surface area contributed by atoms with Crippen LogP contribution in [0.5, 0.6) is 0 Å². The van der Waals surface area contributed by atoms with Crippen LogP contribution in [-0.4, -0.2) is 21.7 Å². The molecule has 0 spiro atoms. The minimum absolute atomic E-state index is 0.311. The fourth-order valence-corrected chi connectivity index (χ4v) is 3.49. The molecule has 0 saturated heterocycles. The Morgan fingerprint density at radius 2 is 1.90 bits per heavy atom. The summed E-state index contributed by atoms with van der Waals surface area (Å²) in [5.74, 6) is 3.34. The van der Waals surface area contributed by atoms with Crippen LogP contribution < -0.4 is 5.73 Å². The van der Waals surface area contributed by atoms with Crippen molar-refractivity contribution in [3.63, 3.8) is 0 Å². The fourth-order valence-electron chi connectivity index (χ4n) is 3.49. The maximum Gasteiger partial charge on any atom is 0.153 e. The van der Waals surface area contributed by atoms with Crippen LogP contribution in [0.1, 0.15) is 83.3 Å². The predicted octanol–water partition coefficient (Wildman–Crippen LogP) is 3.80. The molecule has 0 bridgehead atoms. The summed E-state index contributed by atoms with van der Waals surface area (Å²) in [5.41, 5.74) is 6.07. The topological polar surface area (TPSA) is 67.6 Å². The average Bonchev–Trinajstić information content (AvgIpc) is 2.92. The number of hydrogen-bond acceptors (Lipinski definition) is 3. The predicted molar refractivity (Wildman–Crippen MR) is 87.1 cm³/mol. The number of nitrogens with one attached hydrogen (secondary N) is 1. The SMILES string of the molecule is CC(C)(C)C(CCN)CCc1nc(C2CCCCC2)n[nH]1. The number of hydrogen-bond donors (Lipinski definition) is 2. The highest BCUT2D eigenvalue weighted by molar-refractivity contribution is 4.99. The molecule has 0 aliphatic heterocycles. The first-order valence-electron chi connectivity index (χ1n) is 8.62. The van der Waals surface area contributed by atoms with Crippen LogP contribution in [0.3, 0.4) is 0 Å². The van der Waals surface area contributed by atoms with Gasteiger partial charge in [0.25, 0.3) is 0 Å². The number of H-pyrrole nitrogens is 1. The van der Waals surface area contributed by atoms with E-state index in [2.05, 4.69) is 31.0 Å².